The van der Waals surface area contributed by atoms with Crippen molar-refractivity contribution < 1.29 is 14.0 Å². The number of benzene rings is 2. The third-order valence-electron chi connectivity index (χ3n) is 4.27. The van der Waals surface area contributed by atoms with Crippen molar-refractivity contribution in [1.29, 1.82) is 0 Å². The average molecular weight is 358 g/mol. The van der Waals surface area contributed by atoms with Gasteiger partial charge in [-0.3, -0.25) is 0 Å². The van der Waals surface area contributed by atoms with Gasteiger partial charge < -0.3 is 14.9 Å². The maximum Gasteiger partial charge on any atom is 0.404 e. The third-order valence-corrected chi connectivity index (χ3v) is 9.31. The summed E-state index contributed by atoms with van der Waals surface area (Å²) < 4.78 is 11.5. The summed E-state index contributed by atoms with van der Waals surface area (Å²) in [6.07, 6.45) is -0.126. The molecule has 0 aliphatic carbocycles. The Morgan fingerprint density at radius 3 is 1.80 bits per heavy atom. The molecule has 0 aliphatic heterocycles. The van der Waals surface area contributed by atoms with Crippen LogP contribution in [0.25, 0.3) is 0 Å². The molecule has 2 N–H and O–H groups in total. The maximum absolute atomic E-state index is 10.7. The van der Waals surface area contributed by atoms with Crippen molar-refractivity contribution in [1.82, 2.24) is 0 Å². The van der Waals surface area contributed by atoms with E-state index in [0.29, 0.717) is 13.0 Å². The fraction of sp³-hybridized carbons (Fsp3) is 0.350. The summed E-state index contributed by atoms with van der Waals surface area (Å²) in [6, 6.07) is 20.9. The number of carbonyl (C=O) groups excluding carboxylic acids is 1. The Labute approximate surface area is 151 Å². The number of primary amides is 1. The molecule has 0 atom stereocenters. The Kier molecular flexibility index (Phi) is 6.39. The molecule has 0 saturated carbocycles. The number of ether oxygens (including phenoxy) is 1. The van der Waals surface area contributed by atoms with E-state index in [1.807, 2.05) is 12.1 Å². The van der Waals surface area contributed by atoms with Crippen LogP contribution in [0, 0.1) is 0 Å². The average Bonchev–Trinajstić information content (AvgIpc) is 2.58. The highest BCUT2D eigenvalue weighted by molar-refractivity contribution is 6.99. The second-order valence-corrected chi connectivity index (χ2v) is 11.3. The first-order valence-corrected chi connectivity index (χ1v) is 10.5. The van der Waals surface area contributed by atoms with E-state index in [0.717, 1.165) is 0 Å². The van der Waals surface area contributed by atoms with Crippen LogP contribution in [-0.4, -0.2) is 27.6 Å². The molecule has 1 amide bonds. The minimum atomic E-state index is -2.50. The van der Waals surface area contributed by atoms with Crippen LogP contribution in [0.3, 0.4) is 0 Å². The summed E-state index contributed by atoms with van der Waals surface area (Å²) in [5.74, 6) is 0. The van der Waals surface area contributed by atoms with Crippen molar-refractivity contribution in [3.8, 4) is 0 Å². The van der Waals surface area contributed by atoms with Crippen LogP contribution in [0.2, 0.25) is 5.04 Å². The summed E-state index contributed by atoms with van der Waals surface area (Å²) in [6.45, 7) is 7.49. The molecule has 0 radical (unpaired) electrons. The van der Waals surface area contributed by atoms with Crippen LogP contribution in [0.4, 0.5) is 4.79 Å². The zero-order valence-corrected chi connectivity index (χ0v) is 16.2. The van der Waals surface area contributed by atoms with Crippen molar-refractivity contribution >= 4 is 24.8 Å². The second-order valence-electron chi connectivity index (χ2n) is 7.03. The van der Waals surface area contributed by atoms with Gasteiger partial charge in [0.1, 0.15) is 0 Å². The quantitative estimate of drug-likeness (QED) is 0.612. The lowest BCUT2D eigenvalue weighted by Crippen LogP contribution is -2.66. The summed E-state index contributed by atoms with van der Waals surface area (Å²) in [5, 5.41) is 2.43. The van der Waals surface area contributed by atoms with E-state index in [1.165, 1.54) is 10.4 Å². The molecule has 0 fully saturated rings. The molecular weight excluding hydrogens is 330 g/mol. The third kappa shape index (κ3) is 4.49. The fourth-order valence-corrected chi connectivity index (χ4v) is 7.82. The summed E-state index contributed by atoms with van der Waals surface area (Å²) in [5.41, 5.74) is 5.02. The number of hydrogen-bond acceptors (Lipinski definition) is 3. The van der Waals surface area contributed by atoms with Crippen LogP contribution in [0.1, 0.15) is 27.2 Å². The van der Waals surface area contributed by atoms with Gasteiger partial charge in [0.05, 0.1) is 6.61 Å². The van der Waals surface area contributed by atoms with Crippen LogP contribution in [0.5, 0.6) is 0 Å². The Bertz CT molecular complexity index is 629. The predicted octanol–water partition coefficient (Wildman–Crippen LogP) is 3.05. The number of nitrogens with two attached hydrogens (primary N) is 1. The van der Waals surface area contributed by atoms with E-state index in [-0.39, 0.29) is 11.6 Å². The topological polar surface area (TPSA) is 61.6 Å². The monoisotopic (exact) mass is 357 g/mol. The molecule has 0 saturated heterocycles. The largest absolute Gasteiger partial charge is 0.450 e. The molecule has 2 aromatic rings. The van der Waals surface area contributed by atoms with E-state index in [4.69, 9.17) is 14.9 Å². The minimum Gasteiger partial charge on any atom is -0.450 e. The van der Waals surface area contributed by atoms with Gasteiger partial charge in [0.15, 0.2) is 0 Å². The van der Waals surface area contributed by atoms with Crippen LogP contribution in [-0.2, 0) is 9.16 Å². The van der Waals surface area contributed by atoms with E-state index < -0.39 is 14.4 Å². The first-order chi connectivity index (χ1) is 11.9. The molecule has 134 valence electrons. The molecule has 2 rings (SSSR count). The molecule has 0 bridgehead atoms. The molecule has 0 aliphatic rings. The van der Waals surface area contributed by atoms with Crippen molar-refractivity contribution in [2.75, 3.05) is 13.2 Å². The SMILES string of the molecule is CC(C)(C)[Si](OCCCOC(N)=O)(c1ccccc1)c1ccccc1. The zero-order chi connectivity index (χ0) is 18.3. The zero-order valence-electron chi connectivity index (χ0n) is 15.2. The lowest BCUT2D eigenvalue weighted by molar-refractivity contribution is 0.146. The van der Waals surface area contributed by atoms with Gasteiger partial charge in [-0.05, 0) is 15.4 Å². The molecule has 0 heterocycles. The van der Waals surface area contributed by atoms with E-state index in [1.54, 1.807) is 0 Å². The van der Waals surface area contributed by atoms with Crippen LogP contribution < -0.4 is 16.1 Å². The van der Waals surface area contributed by atoms with Crippen LogP contribution in [0.15, 0.2) is 60.7 Å². The fourth-order valence-electron chi connectivity index (χ4n) is 3.22. The number of rotatable bonds is 7. The van der Waals surface area contributed by atoms with Crippen LogP contribution >= 0.6 is 0 Å². The molecule has 5 heteroatoms. The summed E-state index contributed by atoms with van der Waals surface area (Å²) in [7, 11) is -2.50. The highest BCUT2D eigenvalue weighted by atomic mass is 28.4. The Morgan fingerprint density at radius 2 is 1.40 bits per heavy atom. The Morgan fingerprint density at radius 1 is 0.920 bits per heavy atom. The lowest BCUT2D eigenvalue weighted by Gasteiger charge is -2.43. The highest BCUT2D eigenvalue weighted by Gasteiger charge is 2.49. The number of hydrogen-bond donors (Lipinski definition) is 1. The summed E-state index contributed by atoms with van der Waals surface area (Å²) in [4.78, 5) is 10.7. The first kappa shape index (κ1) is 19.2. The second kappa shape index (κ2) is 8.32. The van der Waals surface area contributed by atoms with Gasteiger partial charge in [0.25, 0.3) is 8.32 Å². The molecule has 0 spiro atoms. The number of amides is 1. The van der Waals surface area contributed by atoms with Crippen molar-refractivity contribution in [3.05, 3.63) is 60.7 Å². The van der Waals surface area contributed by atoms with Crippen molar-refractivity contribution in [2.45, 2.75) is 32.2 Å². The molecule has 2 aromatic carbocycles. The smallest absolute Gasteiger partial charge is 0.404 e. The number of carbonyl (C=O) groups is 1. The standard InChI is InChI=1S/C20H27NO3Si/c1-20(2,3)25(17-11-6-4-7-12-17,18-13-8-5-9-14-18)24-16-10-15-23-19(21)22/h4-9,11-14H,10,15-16H2,1-3H3,(H2,21,22). The molecule has 4 nitrogen and oxygen atoms in total. The molecule has 25 heavy (non-hydrogen) atoms. The normalized spacial score (nSPS) is 12.0. The van der Waals surface area contributed by atoms with E-state index in [9.17, 15) is 4.79 Å². The predicted molar refractivity (Wildman–Crippen MR) is 104 cm³/mol. The maximum atomic E-state index is 10.7. The molecule has 0 unspecified atom stereocenters. The van der Waals surface area contributed by atoms with Gasteiger partial charge in [-0.15, -0.1) is 0 Å². The highest BCUT2D eigenvalue weighted by Crippen LogP contribution is 2.36. The summed E-state index contributed by atoms with van der Waals surface area (Å²) >= 11 is 0. The minimum absolute atomic E-state index is 0.0553. The van der Waals surface area contributed by atoms with E-state index in [2.05, 4.69) is 69.3 Å². The van der Waals surface area contributed by atoms with Gasteiger partial charge in [0, 0.05) is 13.0 Å². The van der Waals surface area contributed by atoms with Gasteiger partial charge in [-0.1, -0.05) is 81.4 Å². The van der Waals surface area contributed by atoms with Gasteiger partial charge in [-0.25, -0.2) is 4.79 Å². The lowest BCUT2D eigenvalue weighted by atomic mass is 10.2. The Balaban J connectivity index is 2.37. The van der Waals surface area contributed by atoms with Gasteiger partial charge >= 0.3 is 6.09 Å². The van der Waals surface area contributed by atoms with Gasteiger partial charge in [0.2, 0.25) is 0 Å². The van der Waals surface area contributed by atoms with E-state index >= 15 is 0 Å². The van der Waals surface area contributed by atoms with Crippen molar-refractivity contribution in [3.63, 3.8) is 0 Å². The molecule has 0 aromatic heterocycles. The van der Waals surface area contributed by atoms with Gasteiger partial charge in [-0.2, -0.15) is 0 Å². The first-order valence-electron chi connectivity index (χ1n) is 8.55. The molecular formula is C20H27NO3Si. The van der Waals surface area contributed by atoms with Crippen molar-refractivity contribution in [2.24, 2.45) is 5.73 Å². The Hall–Kier alpha value is -2.11.